The Hall–Kier alpha value is -0.363. The minimum Gasteiger partial charge on any atom is -0.543 e. The standard InChI is InChI=1S/C15H23BrO3Si/c1-15(2,3)20(4,5)19-12-8-6-7-11(16)13(12)14-17-9-10-18-14/h6-8,14H,9-10H2,1-5H3. The van der Waals surface area contributed by atoms with Crippen LogP contribution < -0.4 is 4.43 Å². The molecule has 1 aromatic carbocycles. The molecule has 1 aliphatic heterocycles. The molecule has 0 bridgehead atoms. The van der Waals surface area contributed by atoms with Crippen molar-refractivity contribution in [3.63, 3.8) is 0 Å². The average molecular weight is 359 g/mol. The molecule has 2 rings (SSSR count). The molecule has 5 heteroatoms. The zero-order chi connectivity index (χ0) is 15.0. The van der Waals surface area contributed by atoms with Crippen molar-refractivity contribution in [2.45, 2.75) is 45.2 Å². The monoisotopic (exact) mass is 358 g/mol. The summed E-state index contributed by atoms with van der Waals surface area (Å²) < 4.78 is 18.7. The number of ether oxygens (including phenoxy) is 2. The van der Waals surface area contributed by atoms with Gasteiger partial charge in [0.2, 0.25) is 8.32 Å². The van der Waals surface area contributed by atoms with E-state index in [2.05, 4.69) is 49.8 Å². The predicted octanol–water partition coefficient (Wildman–Crippen LogP) is 4.88. The van der Waals surface area contributed by atoms with E-state index < -0.39 is 8.32 Å². The molecule has 1 aliphatic rings. The molecule has 0 atom stereocenters. The molecule has 3 nitrogen and oxygen atoms in total. The number of rotatable bonds is 3. The van der Waals surface area contributed by atoms with Crippen molar-refractivity contribution in [2.75, 3.05) is 13.2 Å². The smallest absolute Gasteiger partial charge is 0.250 e. The minimum atomic E-state index is -1.88. The van der Waals surface area contributed by atoms with E-state index in [4.69, 9.17) is 13.9 Å². The van der Waals surface area contributed by atoms with E-state index in [0.717, 1.165) is 15.8 Å². The Morgan fingerprint density at radius 3 is 2.35 bits per heavy atom. The Labute approximate surface area is 130 Å². The summed E-state index contributed by atoms with van der Waals surface area (Å²) in [5.74, 6) is 0.873. The van der Waals surface area contributed by atoms with Gasteiger partial charge in [0.1, 0.15) is 5.75 Å². The second kappa shape index (κ2) is 5.79. The Kier molecular flexibility index (Phi) is 4.64. The topological polar surface area (TPSA) is 27.7 Å². The van der Waals surface area contributed by atoms with Crippen molar-refractivity contribution in [1.82, 2.24) is 0 Å². The van der Waals surface area contributed by atoms with Gasteiger partial charge in [-0.3, -0.25) is 0 Å². The fraction of sp³-hybridized carbons (Fsp3) is 0.600. The van der Waals surface area contributed by atoms with E-state index in [1.807, 2.05) is 18.2 Å². The lowest BCUT2D eigenvalue weighted by atomic mass is 10.2. The van der Waals surface area contributed by atoms with Crippen LogP contribution in [0.15, 0.2) is 22.7 Å². The molecule has 20 heavy (non-hydrogen) atoms. The number of hydrogen-bond donors (Lipinski definition) is 0. The normalized spacial score (nSPS) is 17.5. The average Bonchev–Trinajstić information content (AvgIpc) is 2.80. The first kappa shape index (κ1) is 16.0. The van der Waals surface area contributed by atoms with Crippen molar-refractivity contribution in [1.29, 1.82) is 0 Å². The van der Waals surface area contributed by atoms with E-state index >= 15 is 0 Å². The molecule has 1 aromatic rings. The SMILES string of the molecule is CC(C)(C)[Si](C)(C)Oc1cccc(Br)c1C1OCCO1. The van der Waals surface area contributed by atoms with Crippen molar-refractivity contribution >= 4 is 24.2 Å². The van der Waals surface area contributed by atoms with E-state index in [9.17, 15) is 0 Å². The molecule has 0 unspecified atom stereocenters. The third-order valence-electron chi connectivity index (χ3n) is 4.04. The summed E-state index contributed by atoms with van der Waals surface area (Å²) in [6, 6.07) is 6.00. The fourth-order valence-electron chi connectivity index (χ4n) is 1.79. The highest BCUT2D eigenvalue weighted by Gasteiger charge is 2.40. The summed E-state index contributed by atoms with van der Waals surface area (Å²) in [7, 11) is -1.88. The number of halogens is 1. The van der Waals surface area contributed by atoms with Gasteiger partial charge in [0, 0.05) is 4.47 Å². The van der Waals surface area contributed by atoms with Gasteiger partial charge in [-0.15, -0.1) is 0 Å². The Morgan fingerprint density at radius 2 is 1.80 bits per heavy atom. The van der Waals surface area contributed by atoms with E-state index in [1.165, 1.54) is 0 Å². The third-order valence-corrected chi connectivity index (χ3v) is 9.08. The van der Waals surface area contributed by atoms with Crippen LogP contribution in [0.4, 0.5) is 0 Å². The van der Waals surface area contributed by atoms with Crippen LogP contribution in [0.1, 0.15) is 32.6 Å². The van der Waals surface area contributed by atoms with Gasteiger partial charge in [0.15, 0.2) is 6.29 Å². The molecule has 0 N–H and O–H groups in total. The van der Waals surface area contributed by atoms with Gasteiger partial charge in [-0.05, 0) is 30.3 Å². The van der Waals surface area contributed by atoms with Gasteiger partial charge in [-0.1, -0.05) is 42.8 Å². The highest BCUT2D eigenvalue weighted by atomic mass is 79.9. The van der Waals surface area contributed by atoms with Gasteiger partial charge in [0.25, 0.3) is 0 Å². The van der Waals surface area contributed by atoms with Crippen LogP contribution in [-0.4, -0.2) is 21.5 Å². The molecule has 1 heterocycles. The van der Waals surface area contributed by atoms with E-state index in [-0.39, 0.29) is 11.3 Å². The number of hydrogen-bond acceptors (Lipinski definition) is 3. The van der Waals surface area contributed by atoms with Gasteiger partial charge in [-0.25, -0.2) is 0 Å². The maximum absolute atomic E-state index is 6.44. The first-order chi connectivity index (χ1) is 9.22. The van der Waals surface area contributed by atoms with Crippen molar-refractivity contribution in [3.05, 3.63) is 28.2 Å². The zero-order valence-electron chi connectivity index (χ0n) is 12.8. The lowest BCUT2D eigenvalue weighted by Gasteiger charge is -2.37. The second-order valence-corrected chi connectivity index (χ2v) is 12.2. The molecule has 112 valence electrons. The van der Waals surface area contributed by atoms with Crippen molar-refractivity contribution in [3.8, 4) is 5.75 Å². The summed E-state index contributed by atoms with van der Waals surface area (Å²) in [5.41, 5.74) is 0.967. The van der Waals surface area contributed by atoms with Gasteiger partial charge < -0.3 is 13.9 Å². The first-order valence-corrected chi connectivity index (χ1v) is 10.6. The summed E-state index contributed by atoms with van der Waals surface area (Å²) in [6.07, 6.45) is -0.328. The van der Waals surface area contributed by atoms with E-state index in [0.29, 0.717) is 13.2 Å². The Balaban J connectivity index is 2.35. The number of benzene rings is 1. The Morgan fingerprint density at radius 1 is 1.20 bits per heavy atom. The minimum absolute atomic E-state index is 0.157. The summed E-state index contributed by atoms with van der Waals surface area (Å²) in [6.45, 7) is 12.5. The lowest BCUT2D eigenvalue weighted by molar-refractivity contribution is -0.0456. The van der Waals surface area contributed by atoms with Crippen LogP contribution in [-0.2, 0) is 9.47 Å². The largest absolute Gasteiger partial charge is 0.543 e. The highest BCUT2D eigenvalue weighted by molar-refractivity contribution is 9.10. The maximum Gasteiger partial charge on any atom is 0.250 e. The molecule has 0 saturated carbocycles. The highest BCUT2D eigenvalue weighted by Crippen LogP contribution is 2.42. The van der Waals surface area contributed by atoms with Crippen LogP contribution in [0.25, 0.3) is 0 Å². The quantitative estimate of drug-likeness (QED) is 0.720. The summed E-state index contributed by atoms with van der Waals surface area (Å²) in [4.78, 5) is 0. The maximum atomic E-state index is 6.44. The van der Waals surface area contributed by atoms with Crippen LogP contribution in [0, 0.1) is 0 Å². The van der Waals surface area contributed by atoms with Gasteiger partial charge >= 0.3 is 0 Å². The fourth-order valence-corrected chi connectivity index (χ4v) is 3.36. The molecule has 0 spiro atoms. The van der Waals surface area contributed by atoms with Crippen LogP contribution in [0.5, 0.6) is 5.75 Å². The van der Waals surface area contributed by atoms with Gasteiger partial charge in [-0.2, -0.15) is 0 Å². The molecule has 1 fully saturated rings. The Bertz CT molecular complexity index is 476. The first-order valence-electron chi connectivity index (χ1n) is 6.93. The second-order valence-electron chi connectivity index (χ2n) is 6.59. The molecule has 1 saturated heterocycles. The van der Waals surface area contributed by atoms with Crippen LogP contribution in [0.3, 0.4) is 0 Å². The molecule has 0 aliphatic carbocycles. The predicted molar refractivity (Wildman–Crippen MR) is 86.6 cm³/mol. The molecular formula is C15H23BrO3Si. The van der Waals surface area contributed by atoms with Crippen molar-refractivity contribution in [2.24, 2.45) is 0 Å². The lowest BCUT2D eigenvalue weighted by Crippen LogP contribution is -2.44. The molecular weight excluding hydrogens is 336 g/mol. The third kappa shape index (κ3) is 3.27. The van der Waals surface area contributed by atoms with Crippen molar-refractivity contribution < 1.29 is 13.9 Å². The molecule has 0 radical (unpaired) electrons. The molecule has 0 amide bonds. The molecule has 0 aromatic heterocycles. The van der Waals surface area contributed by atoms with Gasteiger partial charge in [0.05, 0.1) is 18.8 Å². The van der Waals surface area contributed by atoms with Crippen LogP contribution in [0.2, 0.25) is 18.1 Å². The summed E-state index contributed by atoms with van der Waals surface area (Å²) in [5, 5.41) is 0.157. The zero-order valence-corrected chi connectivity index (χ0v) is 15.4. The van der Waals surface area contributed by atoms with E-state index in [1.54, 1.807) is 0 Å². The van der Waals surface area contributed by atoms with Crippen LogP contribution >= 0.6 is 15.9 Å². The summed E-state index contributed by atoms with van der Waals surface area (Å²) >= 11 is 3.59.